The summed E-state index contributed by atoms with van der Waals surface area (Å²) < 4.78 is 0. The minimum atomic E-state index is 0.314. The van der Waals surface area contributed by atoms with Crippen LogP contribution < -0.4 is 11.1 Å². The van der Waals surface area contributed by atoms with Crippen LogP contribution in [0.5, 0.6) is 0 Å². The van der Waals surface area contributed by atoms with Gasteiger partial charge in [0.2, 0.25) is 0 Å². The Kier molecular flexibility index (Phi) is 5.52. The van der Waals surface area contributed by atoms with Gasteiger partial charge in [-0.2, -0.15) is 0 Å². The second kappa shape index (κ2) is 7.19. The maximum atomic E-state index is 5.64. The fourth-order valence-electron chi connectivity index (χ4n) is 6.79. The van der Waals surface area contributed by atoms with Gasteiger partial charge in [0.05, 0.1) is 0 Å². The molecule has 0 heterocycles. The number of fused-ring (bicyclic) bond motifs is 3. The Morgan fingerprint density at radius 1 is 1.20 bits per heavy atom. The van der Waals surface area contributed by atoms with Crippen molar-refractivity contribution in [3.63, 3.8) is 0 Å². The van der Waals surface area contributed by atoms with E-state index in [0.29, 0.717) is 16.2 Å². The smallest absolute Gasteiger partial charge is 0.00745 e. The van der Waals surface area contributed by atoms with Crippen molar-refractivity contribution in [2.45, 2.75) is 72.1 Å². The number of rotatable bonds is 6. The number of nitrogens with one attached hydrogen (secondary N) is 1. The molecule has 0 aromatic heterocycles. The third-order valence-corrected chi connectivity index (χ3v) is 8.34. The van der Waals surface area contributed by atoms with Crippen LogP contribution in [0.3, 0.4) is 0 Å². The molecule has 0 saturated heterocycles. The van der Waals surface area contributed by atoms with Crippen LogP contribution in [-0.2, 0) is 0 Å². The standard InChI is InChI=1S/C23H40N2/c1-5-21(2)11-6-8-19-18(21)9-10-20-22(3,14-16-25-17-15-24)12-7-13-23(19,20)4/h5,8,18,20,25H,1,6-7,9-17,24H2,2-4H3/t18?,20?,21-,22-,23-/m0/s1. The maximum Gasteiger partial charge on any atom is 0.00745 e. The summed E-state index contributed by atoms with van der Waals surface area (Å²) in [7, 11) is 0. The summed E-state index contributed by atoms with van der Waals surface area (Å²) in [5.74, 6) is 1.57. The van der Waals surface area contributed by atoms with E-state index in [4.69, 9.17) is 5.73 Å². The Hall–Kier alpha value is -0.600. The lowest BCUT2D eigenvalue weighted by Crippen LogP contribution is -2.52. The number of hydrogen-bond acceptors (Lipinski definition) is 2. The van der Waals surface area contributed by atoms with Crippen LogP contribution in [0.4, 0.5) is 0 Å². The van der Waals surface area contributed by atoms with Gasteiger partial charge in [-0.3, -0.25) is 0 Å². The van der Waals surface area contributed by atoms with E-state index in [1.165, 1.54) is 51.4 Å². The first-order valence-electron chi connectivity index (χ1n) is 10.6. The predicted octanol–water partition coefficient (Wildman–Crippen LogP) is 5.06. The van der Waals surface area contributed by atoms with E-state index >= 15 is 0 Å². The van der Waals surface area contributed by atoms with E-state index < -0.39 is 0 Å². The molecule has 2 saturated carbocycles. The molecule has 2 fully saturated rings. The Morgan fingerprint density at radius 3 is 2.72 bits per heavy atom. The van der Waals surface area contributed by atoms with Gasteiger partial charge in [-0.05, 0) is 79.6 Å². The zero-order valence-corrected chi connectivity index (χ0v) is 16.9. The molecular weight excluding hydrogens is 304 g/mol. The Bertz CT molecular complexity index is 524. The molecular formula is C23H40N2. The van der Waals surface area contributed by atoms with Crippen LogP contribution in [0.15, 0.2) is 24.3 Å². The van der Waals surface area contributed by atoms with Crippen molar-refractivity contribution in [2.24, 2.45) is 33.8 Å². The monoisotopic (exact) mass is 344 g/mol. The van der Waals surface area contributed by atoms with Crippen LogP contribution in [0.1, 0.15) is 72.1 Å². The summed E-state index contributed by atoms with van der Waals surface area (Å²) in [6.07, 6.45) is 15.7. The summed E-state index contributed by atoms with van der Waals surface area (Å²) in [6, 6.07) is 0. The lowest BCUT2D eigenvalue weighted by atomic mass is 9.44. The normalized spacial score (nSPS) is 43.8. The average Bonchev–Trinajstić information content (AvgIpc) is 2.59. The van der Waals surface area contributed by atoms with Gasteiger partial charge in [0.15, 0.2) is 0 Å². The van der Waals surface area contributed by atoms with Crippen molar-refractivity contribution >= 4 is 0 Å². The molecule has 2 heteroatoms. The first kappa shape index (κ1) is 19.2. The molecule has 2 unspecified atom stereocenters. The molecule has 0 aromatic carbocycles. The van der Waals surface area contributed by atoms with Crippen LogP contribution in [-0.4, -0.2) is 19.6 Å². The van der Waals surface area contributed by atoms with Crippen molar-refractivity contribution in [1.82, 2.24) is 5.32 Å². The van der Waals surface area contributed by atoms with E-state index in [0.717, 1.165) is 31.5 Å². The predicted molar refractivity (Wildman–Crippen MR) is 108 cm³/mol. The molecule has 142 valence electrons. The molecule has 3 rings (SSSR count). The fraction of sp³-hybridized carbons (Fsp3) is 0.826. The molecule has 0 bridgehead atoms. The SMILES string of the molecule is C=C[C@@]1(C)CCC=C2C1CCC1[C@](C)(CCNCCN)CCC[C@@]21C. The minimum Gasteiger partial charge on any atom is -0.329 e. The van der Waals surface area contributed by atoms with Gasteiger partial charge in [-0.1, -0.05) is 44.9 Å². The molecule has 3 aliphatic carbocycles. The molecule has 0 aromatic rings. The highest BCUT2D eigenvalue weighted by atomic mass is 14.9. The van der Waals surface area contributed by atoms with Gasteiger partial charge in [0.1, 0.15) is 0 Å². The molecule has 5 atom stereocenters. The maximum absolute atomic E-state index is 5.64. The third kappa shape index (κ3) is 3.25. The highest BCUT2D eigenvalue weighted by Crippen LogP contribution is 2.65. The highest BCUT2D eigenvalue weighted by molar-refractivity contribution is 5.30. The van der Waals surface area contributed by atoms with Crippen molar-refractivity contribution in [3.8, 4) is 0 Å². The second-order valence-corrected chi connectivity index (χ2v) is 9.80. The quantitative estimate of drug-likeness (QED) is 0.522. The number of allylic oxidation sites excluding steroid dienone is 3. The Labute approximate surface area is 155 Å². The first-order valence-corrected chi connectivity index (χ1v) is 10.6. The number of hydrogen-bond donors (Lipinski definition) is 2. The van der Waals surface area contributed by atoms with E-state index in [9.17, 15) is 0 Å². The van der Waals surface area contributed by atoms with Gasteiger partial charge < -0.3 is 11.1 Å². The molecule has 0 radical (unpaired) electrons. The fourth-order valence-corrected chi connectivity index (χ4v) is 6.79. The van der Waals surface area contributed by atoms with Crippen molar-refractivity contribution in [1.29, 1.82) is 0 Å². The van der Waals surface area contributed by atoms with Crippen LogP contribution in [0.25, 0.3) is 0 Å². The highest BCUT2D eigenvalue weighted by Gasteiger charge is 2.56. The molecule has 25 heavy (non-hydrogen) atoms. The van der Waals surface area contributed by atoms with E-state index in [-0.39, 0.29) is 0 Å². The summed E-state index contributed by atoms with van der Waals surface area (Å²) in [5, 5.41) is 3.54. The van der Waals surface area contributed by atoms with Crippen molar-refractivity contribution in [3.05, 3.63) is 24.3 Å². The van der Waals surface area contributed by atoms with Gasteiger partial charge >= 0.3 is 0 Å². The summed E-state index contributed by atoms with van der Waals surface area (Å²) >= 11 is 0. The first-order chi connectivity index (χ1) is 11.9. The summed E-state index contributed by atoms with van der Waals surface area (Å²) in [5.41, 5.74) is 8.65. The molecule has 3 N–H and O–H groups in total. The van der Waals surface area contributed by atoms with Gasteiger partial charge in [-0.15, -0.1) is 6.58 Å². The van der Waals surface area contributed by atoms with Crippen molar-refractivity contribution < 1.29 is 0 Å². The average molecular weight is 345 g/mol. The van der Waals surface area contributed by atoms with E-state index in [1.54, 1.807) is 5.57 Å². The Morgan fingerprint density at radius 2 is 2.00 bits per heavy atom. The minimum absolute atomic E-state index is 0.314. The third-order valence-electron chi connectivity index (χ3n) is 8.34. The van der Waals surface area contributed by atoms with Crippen LogP contribution in [0, 0.1) is 28.1 Å². The molecule has 0 aliphatic heterocycles. The summed E-state index contributed by atoms with van der Waals surface area (Å²) in [4.78, 5) is 0. The van der Waals surface area contributed by atoms with Crippen LogP contribution >= 0.6 is 0 Å². The molecule has 0 amide bonds. The van der Waals surface area contributed by atoms with Crippen molar-refractivity contribution in [2.75, 3.05) is 19.6 Å². The topological polar surface area (TPSA) is 38.0 Å². The Balaban J connectivity index is 1.83. The van der Waals surface area contributed by atoms with Gasteiger partial charge in [0.25, 0.3) is 0 Å². The lowest BCUT2D eigenvalue weighted by Gasteiger charge is -2.61. The molecule has 0 spiro atoms. The molecule has 3 aliphatic rings. The zero-order valence-electron chi connectivity index (χ0n) is 16.9. The lowest BCUT2D eigenvalue weighted by molar-refractivity contribution is -0.0389. The van der Waals surface area contributed by atoms with E-state index in [2.05, 4.69) is 44.8 Å². The second-order valence-electron chi connectivity index (χ2n) is 9.80. The largest absolute Gasteiger partial charge is 0.329 e. The van der Waals surface area contributed by atoms with Crippen LogP contribution in [0.2, 0.25) is 0 Å². The van der Waals surface area contributed by atoms with Gasteiger partial charge in [0, 0.05) is 13.1 Å². The summed E-state index contributed by atoms with van der Waals surface area (Å²) in [6.45, 7) is 14.7. The number of nitrogens with two attached hydrogens (primary N) is 1. The van der Waals surface area contributed by atoms with E-state index in [1.807, 2.05) is 0 Å². The van der Waals surface area contributed by atoms with Gasteiger partial charge in [-0.25, -0.2) is 0 Å². The molecule has 2 nitrogen and oxygen atoms in total. The zero-order chi connectivity index (χ0) is 18.1.